The highest BCUT2D eigenvalue weighted by molar-refractivity contribution is 5.84. The number of pyridine rings is 1. The Labute approximate surface area is 112 Å². The molecule has 0 aliphatic rings. The molecule has 0 radical (unpaired) electrons. The number of aliphatic hydroxyl groups excluding tert-OH is 1. The second-order valence-electron chi connectivity index (χ2n) is 4.73. The van der Waals surface area contributed by atoms with Gasteiger partial charge in [0.15, 0.2) is 0 Å². The number of benzene rings is 2. The van der Waals surface area contributed by atoms with E-state index in [-0.39, 0.29) is 0 Å². The largest absolute Gasteiger partial charge is 0.382 e. The molecule has 0 bridgehead atoms. The molecule has 0 fully saturated rings. The maximum atomic E-state index is 10.6. The van der Waals surface area contributed by atoms with Gasteiger partial charge in [-0.25, -0.2) is 0 Å². The molecule has 1 N–H and O–H groups in total. The fourth-order valence-corrected chi connectivity index (χ4v) is 2.36. The Morgan fingerprint density at radius 3 is 2.68 bits per heavy atom. The van der Waals surface area contributed by atoms with Gasteiger partial charge in [-0.15, -0.1) is 0 Å². The van der Waals surface area contributed by atoms with Crippen LogP contribution in [0.2, 0.25) is 0 Å². The lowest BCUT2D eigenvalue weighted by Gasteiger charge is -2.13. The Hall–Kier alpha value is -2.19. The summed E-state index contributed by atoms with van der Waals surface area (Å²) < 4.78 is 0. The Morgan fingerprint density at radius 2 is 1.84 bits per heavy atom. The van der Waals surface area contributed by atoms with Gasteiger partial charge >= 0.3 is 0 Å². The first-order valence-electron chi connectivity index (χ1n) is 6.34. The van der Waals surface area contributed by atoms with Crippen LogP contribution < -0.4 is 0 Å². The summed E-state index contributed by atoms with van der Waals surface area (Å²) in [6.45, 7) is 2.02. The molecular weight excluding hydrogens is 234 g/mol. The zero-order valence-electron chi connectivity index (χ0n) is 10.7. The van der Waals surface area contributed by atoms with Crippen LogP contribution in [0.15, 0.2) is 60.8 Å². The number of nitrogens with zero attached hydrogens (tertiary/aromatic N) is 1. The molecule has 1 atom stereocenters. The Morgan fingerprint density at radius 1 is 1.00 bits per heavy atom. The minimum atomic E-state index is -0.689. The summed E-state index contributed by atoms with van der Waals surface area (Å²) in [4.78, 5) is 4.36. The summed E-state index contributed by atoms with van der Waals surface area (Å²) in [6.07, 6.45) is 1.06. The molecule has 3 aromatic rings. The normalized spacial score (nSPS) is 12.5. The molecular formula is C17H15NO. The van der Waals surface area contributed by atoms with Crippen LogP contribution in [0, 0.1) is 6.92 Å². The smallest absolute Gasteiger partial charge is 0.122 e. The summed E-state index contributed by atoms with van der Waals surface area (Å²) in [6, 6.07) is 17.9. The van der Waals surface area contributed by atoms with Crippen molar-refractivity contribution in [3.05, 3.63) is 77.6 Å². The van der Waals surface area contributed by atoms with Crippen LogP contribution in [0.1, 0.15) is 22.9 Å². The van der Waals surface area contributed by atoms with Crippen molar-refractivity contribution >= 4 is 10.8 Å². The third-order valence-electron chi connectivity index (χ3n) is 3.32. The van der Waals surface area contributed by atoms with E-state index < -0.39 is 6.10 Å². The first-order valence-corrected chi connectivity index (χ1v) is 6.34. The van der Waals surface area contributed by atoms with E-state index in [1.54, 1.807) is 6.20 Å². The van der Waals surface area contributed by atoms with E-state index in [0.717, 1.165) is 21.9 Å². The first-order chi connectivity index (χ1) is 9.25. The van der Waals surface area contributed by atoms with Gasteiger partial charge in [-0.1, -0.05) is 54.1 Å². The lowest BCUT2D eigenvalue weighted by atomic mass is 10.00. The van der Waals surface area contributed by atoms with Crippen molar-refractivity contribution in [1.82, 2.24) is 4.98 Å². The van der Waals surface area contributed by atoms with Gasteiger partial charge in [0.05, 0.1) is 5.69 Å². The summed E-state index contributed by atoms with van der Waals surface area (Å²) in [5.74, 6) is 0. The maximum Gasteiger partial charge on any atom is 0.122 e. The number of hydrogen-bond donors (Lipinski definition) is 1. The molecule has 1 aromatic heterocycles. The number of aliphatic hydroxyl groups is 1. The summed E-state index contributed by atoms with van der Waals surface area (Å²) in [5.41, 5.74) is 2.73. The Kier molecular flexibility index (Phi) is 3.02. The van der Waals surface area contributed by atoms with Crippen LogP contribution in [0.4, 0.5) is 0 Å². The van der Waals surface area contributed by atoms with Gasteiger partial charge in [0, 0.05) is 11.6 Å². The Balaban J connectivity index is 2.14. The average molecular weight is 249 g/mol. The summed E-state index contributed by atoms with van der Waals surface area (Å²) >= 11 is 0. The zero-order chi connectivity index (χ0) is 13.2. The standard InChI is InChI=1S/C17H15NO/c1-12-5-4-7-14(11-12)17(19)16-15-8-3-2-6-13(15)9-10-18-16/h2-11,17,19H,1H3. The molecule has 0 amide bonds. The minimum Gasteiger partial charge on any atom is -0.382 e. The molecule has 0 aliphatic heterocycles. The van der Waals surface area contributed by atoms with E-state index in [1.807, 2.05) is 61.5 Å². The molecule has 2 heteroatoms. The Bertz CT molecular complexity index is 716. The first kappa shape index (κ1) is 11.9. The topological polar surface area (TPSA) is 33.1 Å². The van der Waals surface area contributed by atoms with Crippen molar-refractivity contribution in [3.63, 3.8) is 0 Å². The lowest BCUT2D eigenvalue weighted by Crippen LogP contribution is -2.03. The predicted molar refractivity (Wildman–Crippen MR) is 77.0 cm³/mol. The quantitative estimate of drug-likeness (QED) is 0.752. The van der Waals surface area contributed by atoms with Gasteiger partial charge in [0.1, 0.15) is 6.10 Å². The van der Waals surface area contributed by atoms with E-state index in [0.29, 0.717) is 5.69 Å². The molecule has 1 unspecified atom stereocenters. The van der Waals surface area contributed by atoms with Crippen molar-refractivity contribution in [1.29, 1.82) is 0 Å². The number of fused-ring (bicyclic) bond motifs is 1. The van der Waals surface area contributed by atoms with Crippen LogP contribution in [0.5, 0.6) is 0 Å². The van der Waals surface area contributed by atoms with Gasteiger partial charge in [-0.05, 0) is 23.9 Å². The van der Waals surface area contributed by atoms with Crippen LogP contribution in [-0.2, 0) is 0 Å². The van der Waals surface area contributed by atoms with Gasteiger partial charge < -0.3 is 5.11 Å². The molecule has 0 saturated carbocycles. The van der Waals surface area contributed by atoms with E-state index in [1.165, 1.54) is 0 Å². The highest BCUT2D eigenvalue weighted by atomic mass is 16.3. The van der Waals surface area contributed by atoms with Crippen LogP contribution in [0.3, 0.4) is 0 Å². The van der Waals surface area contributed by atoms with Crippen LogP contribution >= 0.6 is 0 Å². The molecule has 0 spiro atoms. The highest BCUT2D eigenvalue weighted by Gasteiger charge is 2.14. The SMILES string of the molecule is Cc1cccc(C(O)c2nccc3ccccc23)c1. The molecule has 19 heavy (non-hydrogen) atoms. The molecule has 1 heterocycles. The zero-order valence-corrected chi connectivity index (χ0v) is 10.7. The highest BCUT2D eigenvalue weighted by Crippen LogP contribution is 2.27. The monoisotopic (exact) mass is 249 g/mol. The second kappa shape index (κ2) is 4.82. The van der Waals surface area contributed by atoms with Gasteiger partial charge in [0.25, 0.3) is 0 Å². The molecule has 2 nitrogen and oxygen atoms in total. The fraction of sp³-hybridized carbons (Fsp3) is 0.118. The van der Waals surface area contributed by atoms with E-state index >= 15 is 0 Å². The van der Waals surface area contributed by atoms with Gasteiger partial charge in [-0.3, -0.25) is 4.98 Å². The predicted octanol–water partition coefficient (Wildman–Crippen LogP) is 3.62. The van der Waals surface area contributed by atoms with Crippen LogP contribution in [-0.4, -0.2) is 10.1 Å². The molecule has 3 rings (SSSR count). The lowest BCUT2D eigenvalue weighted by molar-refractivity contribution is 0.217. The number of aromatic nitrogens is 1. The van der Waals surface area contributed by atoms with E-state index in [2.05, 4.69) is 4.98 Å². The number of aryl methyl sites for hydroxylation is 1. The molecule has 0 aliphatic carbocycles. The summed E-state index contributed by atoms with van der Waals surface area (Å²) in [7, 11) is 0. The number of hydrogen-bond acceptors (Lipinski definition) is 2. The third-order valence-corrected chi connectivity index (χ3v) is 3.32. The molecule has 2 aromatic carbocycles. The maximum absolute atomic E-state index is 10.6. The van der Waals surface area contributed by atoms with E-state index in [9.17, 15) is 5.11 Å². The van der Waals surface area contributed by atoms with Crippen molar-refractivity contribution in [2.75, 3.05) is 0 Å². The van der Waals surface area contributed by atoms with Crippen molar-refractivity contribution in [2.24, 2.45) is 0 Å². The van der Waals surface area contributed by atoms with Gasteiger partial charge in [-0.2, -0.15) is 0 Å². The van der Waals surface area contributed by atoms with E-state index in [4.69, 9.17) is 0 Å². The van der Waals surface area contributed by atoms with Crippen molar-refractivity contribution in [2.45, 2.75) is 13.0 Å². The average Bonchev–Trinajstić information content (AvgIpc) is 2.46. The summed E-state index contributed by atoms with van der Waals surface area (Å²) in [5, 5.41) is 12.6. The van der Waals surface area contributed by atoms with Crippen molar-refractivity contribution in [3.8, 4) is 0 Å². The number of rotatable bonds is 2. The fourth-order valence-electron chi connectivity index (χ4n) is 2.36. The van der Waals surface area contributed by atoms with Gasteiger partial charge in [0.2, 0.25) is 0 Å². The molecule has 0 saturated heterocycles. The second-order valence-corrected chi connectivity index (χ2v) is 4.73. The molecule has 94 valence electrons. The minimum absolute atomic E-state index is 0.689. The third kappa shape index (κ3) is 2.23. The van der Waals surface area contributed by atoms with Crippen LogP contribution in [0.25, 0.3) is 10.8 Å². The van der Waals surface area contributed by atoms with Crippen molar-refractivity contribution < 1.29 is 5.11 Å².